The summed E-state index contributed by atoms with van der Waals surface area (Å²) in [5, 5.41) is 0. The lowest BCUT2D eigenvalue weighted by molar-refractivity contribution is 0.0320. The SMILES string of the molecule is CC1CCCC2(CN=C(N)N2C(C)C)C1C. The van der Waals surface area contributed by atoms with Gasteiger partial charge in [0.2, 0.25) is 0 Å². The van der Waals surface area contributed by atoms with Gasteiger partial charge in [0, 0.05) is 6.04 Å². The van der Waals surface area contributed by atoms with E-state index in [1.807, 2.05) is 0 Å². The molecule has 3 unspecified atom stereocenters. The predicted octanol–water partition coefficient (Wildman–Crippen LogP) is 2.22. The Hall–Kier alpha value is -0.730. The van der Waals surface area contributed by atoms with Crippen molar-refractivity contribution < 1.29 is 0 Å². The van der Waals surface area contributed by atoms with Crippen LogP contribution in [-0.2, 0) is 0 Å². The van der Waals surface area contributed by atoms with Gasteiger partial charge < -0.3 is 10.6 Å². The summed E-state index contributed by atoms with van der Waals surface area (Å²) in [7, 11) is 0. The van der Waals surface area contributed by atoms with Crippen LogP contribution in [0.3, 0.4) is 0 Å². The van der Waals surface area contributed by atoms with Gasteiger partial charge in [0.25, 0.3) is 0 Å². The first-order valence-corrected chi connectivity index (χ1v) is 6.58. The summed E-state index contributed by atoms with van der Waals surface area (Å²) < 4.78 is 0. The highest BCUT2D eigenvalue weighted by molar-refractivity contribution is 5.81. The Kier molecular flexibility index (Phi) is 2.89. The molecule has 1 heterocycles. The Bertz CT molecular complexity index is 298. The molecular formula is C13H25N3. The molecule has 0 bridgehead atoms. The van der Waals surface area contributed by atoms with Gasteiger partial charge in [0.1, 0.15) is 0 Å². The van der Waals surface area contributed by atoms with Crippen molar-refractivity contribution in [2.45, 2.75) is 58.5 Å². The Morgan fingerprint density at radius 2 is 2.12 bits per heavy atom. The zero-order valence-corrected chi connectivity index (χ0v) is 11.0. The maximum atomic E-state index is 6.07. The van der Waals surface area contributed by atoms with Crippen molar-refractivity contribution in [3.05, 3.63) is 0 Å². The normalized spacial score (nSPS) is 39.6. The highest BCUT2D eigenvalue weighted by Gasteiger charge is 2.50. The molecule has 1 aliphatic heterocycles. The van der Waals surface area contributed by atoms with E-state index in [0.29, 0.717) is 12.0 Å². The summed E-state index contributed by atoms with van der Waals surface area (Å²) in [6.45, 7) is 10.1. The van der Waals surface area contributed by atoms with Crippen LogP contribution in [0.25, 0.3) is 0 Å². The van der Waals surface area contributed by atoms with Crippen LogP contribution in [0.5, 0.6) is 0 Å². The van der Waals surface area contributed by atoms with Crippen LogP contribution >= 0.6 is 0 Å². The molecule has 3 nitrogen and oxygen atoms in total. The van der Waals surface area contributed by atoms with Crippen LogP contribution in [0.2, 0.25) is 0 Å². The highest BCUT2D eigenvalue weighted by Crippen LogP contribution is 2.44. The molecule has 0 amide bonds. The van der Waals surface area contributed by atoms with Crippen LogP contribution in [0.1, 0.15) is 47.0 Å². The summed E-state index contributed by atoms with van der Waals surface area (Å²) in [6.07, 6.45) is 3.92. The minimum atomic E-state index is 0.218. The smallest absolute Gasteiger partial charge is 0.192 e. The van der Waals surface area contributed by atoms with Gasteiger partial charge in [-0.15, -0.1) is 0 Å². The van der Waals surface area contributed by atoms with Crippen LogP contribution in [0.4, 0.5) is 0 Å². The van der Waals surface area contributed by atoms with Crippen molar-refractivity contribution in [2.24, 2.45) is 22.6 Å². The summed E-state index contributed by atoms with van der Waals surface area (Å²) in [4.78, 5) is 6.90. The van der Waals surface area contributed by atoms with Crippen molar-refractivity contribution in [3.63, 3.8) is 0 Å². The van der Waals surface area contributed by atoms with Gasteiger partial charge in [-0.25, -0.2) is 0 Å². The lowest BCUT2D eigenvalue weighted by Crippen LogP contribution is -2.60. The number of rotatable bonds is 1. The molecule has 0 aromatic carbocycles. The maximum Gasteiger partial charge on any atom is 0.192 e. The van der Waals surface area contributed by atoms with E-state index in [0.717, 1.165) is 18.4 Å². The van der Waals surface area contributed by atoms with Crippen molar-refractivity contribution >= 4 is 5.96 Å². The molecule has 1 spiro atoms. The minimum absolute atomic E-state index is 0.218. The molecule has 0 radical (unpaired) electrons. The molecule has 2 rings (SSSR count). The van der Waals surface area contributed by atoms with E-state index < -0.39 is 0 Å². The van der Waals surface area contributed by atoms with Crippen LogP contribution < -0.4 is 5.73 Å². The predicted molar refractivity (Wildman–Crippen MR) is 68.4 cm³/mol. The number of nitrogens with zero attached hydrogens (tertiary/aromatic N) is 2. The first kappa shape index (κ1) is 11.7. The summed E-state index contributed by atoms with van der Waals surface area (Å²) >= 11 is 0. The minimum Gasteiger partial charge on any atom is -0.370 e. The molecule has 1 saturated carbocycles. The van der Waals surface area contributed by atoms with E-state index in [1.165, 1.54) is 19.3 Å². The quantitative estimate of drug-likeness (QED) is 0.740. The van der Waals surface area contributed by atoms with E-state index in [1.54, 1.807) is 0 Å². The number of nitrogens with two attached hydrogens (primary N) is 1. The van der Waals surface area contributed by atoms with Crippen LogP contribution in [0.15, 0.2) is 4.99 Å². The van der Waals surface area contributed by atoms with Gasteiger partial charge in [0.05, 0.1) is 12.1 Å². The van der Waals surface area contributed by atoms with E-state index in [-0.39, 0.29) is 5.54 Å². The fourth-order valence-corrected chi connectivity index (χ4v) is 3.68. The van der Waals surface area contributed by atoms with Crippen LogP contribution in [0, 0.1) is 11.8 Å². The Balaban J connectivity index is 2.30. The number of hydrogen-bond donors (Lipinski definition) is 1. The fourth-order valence-electron chi connectivity index (χ4n) is 3.68. The summed E-state index contributed by atoms with van der Waals surface area (Å²) in [6, 6.07) is 0.457. The van der Waals surface area contributed by atoms with Crippen molar-refractivity contribution in [1.82, 2.24) is 4.90 Å². The second-order valence-electron chi connectivity index (χ2n) is 5.90. The van der Waals surface area contributed by atoms with Gasteiger partial charge in [-0.05, 0) is 32.1 Å². The zero-order chi connectivity index (χ0) is 11.9. The molecule has 0 aromatic rings. The molecule has 1 aliphatic carbocycles. The fraction of sp³-hybridized carbons (Fsp3) is 0.923. The third-order valence-electron chi connectivity index (χ3n) is 4.73. The van der Waals surface area contributed by atoms with Crippen molar-refractivity contribution in [1.29, 1.82) is 0 Å². The lowest BCUT2D eigenvalue weighted by Gasteiger charge is -2.50. The molecule has 3 heteroatoms. The van der Waals surface area contributed by atoms with Crippen molar-refractivity contribution in [2.75, 3.05) is 6.54 Å². The van der Waals surface area contributed by atoms with Gasteiger partial charge in [-0.2, -0.15) is 0 Å². The Morgan fingerprint density at radius 3 is 2.75 bits per heavy atom. The number of hydrogen-bond acceptors (Lipinski definition) is 3. The summed E-state index contributed by atoms with van der Waals surface area (Å²) in [5.74, 6) is 2.24. The third-order valence-corrected chi connectivity index (χ3v) is 4.73. The summed E-state index contributed by atoms with van der Waals surface area (Å²) in [5.41, 5.74) is 6.29. The van der Waals surface area contributed by atoms with Gasteiger partial charge in [-0.3, -0.25) is 4.99 Å². The van der Waals surface area contributed by atoms with E-state index in [9.17, 15) is 0 Å². The first-order chi connectivity index (χ1) is 7.49. The Morgan fingerprint density at radius 1 is 1.44 bits per heavy atom. The second kappa shape index (κ2) is 3.94. The first-order valence-electron chi connectivity index (χ1n) is 6.58. The molecular weight excluding hydrogens is 198 g/mol. The second-order valence-corrected chi connectivity index (χ2v) is 5.90. The third kappa shape index (κ3) is 1.52. The molecule has 0 aromatic heterocycles. The number of guanidine groups is 1. The molecule has 3 atom stereocenters. The lowest BCUT2D eigenvalue weighted by atomic mass is 9.67. The molecule has 16 heavy (non-hydrogen) atoms. The molecule has 2 N–H and O–H groups in total. The molecule has 2 aliphatic rings. The molecule has 92 valence electrons. The zero-order valence-electron chi connectivity index (χ0n) is 11.0. The average Bonchev–Trinajstić information content (AvgIpc) is 2.53. The van der Waals surface area contributed by atoms with Crippen molar-refractivity contribution in [3.8, 4) is 0 Å². The van der Waals surface area contributed by atoms with E-state index >= 15 is 0 Å². The standard InChI is InChI=1S/C13H25N3/c1-9(2)16-12(14)15-8-13(16)7-5-6-10(3)11(13)4/h9-11H,5-8H2,1-4H3,(H2,14,15). The van der Waals surface area contributed by atoms with Gasteiger partial charge in [-0.1, -0.05) is 26.7 Å². The van der Waals surface area contributed by atoms with E-state index in [2.05, 4.69) is 37.6 Å². The average molecular weight is 223 g/mol. The highest BCUT2D eigenvalue weighted by atomic mass is 15.4. The van der Waals surface area contributed by atoms with Gasteiger partial charge in [0.15, 0.2) is 5.96 Å². The Labute approximate surface area is 99.1 Å². The van der Waals surface area contributed by atoms with E-state index in [4.69, 9.17) is 5.73 Å². The van der Waals surface area contributed by atoms with Crippen LogP contribution in [-0.4, -0.2) is 29.0 Å². The topological polar surface area (TPSA) is 41.6 Å². The molecule has 0 saturated heterocycles. The molecule has 1 fully saturated rings. The van der Waals surface area contributed by atoms with Gasteiger partial charge >= 0.3 is 0 Å². The largest absolute Gasteiger partial charge is 0.370 e. The maximum absolute atomic E-state index is 6.07. The monoisotopic (exact) mass is 223 g/mol. The number of aliphatic imine (C=N–C) groups is 1.